The average molecular weight is 834 g/mol. The topological polar surface area (TPSA) is 95.9 Å². The van der Waals surface area contributed by atoms with Crippen LogP contribution in [-0.4, -0.2) is 46.9 Å². The predicted molar refractivity (Wildman–Crippen MR) is 255 cm³/mol. The van der Waals surface area contributed by atoms with Crippen LogP contribution < -0.4 is 5.32 Å². The van der Waals surface area contributed by atoms with E-state index in [1.807, 2.05) is 0 Å². The first-order valence-electron chi connectivity index (χ1n) is 26.4. The van der Waals surface area contributed by atoms with Crippen LogP contribution in [0.15, 0.2) is 12.2 Å². The number of ether oxygens (including phenoxy) is 1. The highest BCUT2D eigenvalue weighted by Gasteiger charge is 2.24. The summed E-state index contributed by atoms with van der Waals surface area (Å²) in [6.07, 6.45) is 52.7. The first-order valence-corrected chi connectivity index (χ1v) is 26.4. The summed E-state index contributed by atoms with van der Waals surface area (Å²) >= 11 is 0. The molecule has 0 spiro atoms. The van der Waals surface area contributed by atoms with Crippen molar-refractivity contribution in [1.29, 1.82) is 0 Å². The molecular weight excluding hydrogens is 731 g/mol. The molecule has 0 heterocycles. The van der Waals surface area contributed by atoms with E-state index < -0.39 is 18.2 Å². The van der Waals surface area contributed by atoms with Gasteiger partial charge in [0.05, 0.1) is 25.2 Å². The maximum atomic E-state index is 13.2. The number of carbonyl (C=O) groups is 2. The van der Waals surface area contributed by atoms with Crippen molar-refractivity contribution in [1.82, 2.24) is 5.32 Å². The Morgan fingerprint density at radius 1 is 0.475 bits per heavy atom. The zero-order valence-electron chi connectivity index (χ0n) is 39.9. The van der Waals surface area contributed by atoms with E-state index in [9.17, 15) is 19.8 Å². The van der Waals surface area contributed by atoms with Crippen LogP contribution in [0, 0.1) is 0 Å². The SMILES string of the molecule is CCCCCCCC/C=C\CCCCCC(=O)OC(CCCCCCCCCCCCCC)CC(=O)NC(CO)C(O)CCCCCCCCCCCCCCCCC. The largest absolute Gasteiger partial charge is 0.462 e. The summed E-state index contributed by atoms with van der Waals surface area (Å²) < 4.78 is 5.93. The summed E-state index contributed by atoms with van der Waals surface area (Å²) in [5, 5.41) is 23.8. The van der Waals surface area contributed by atoms with Crippen LogP contribution in [0.5, 0.6) is 0 Å². The second-order valence-corrected chi connectivity index (χ2v) is 18.3. The second-order valence-electron chi connectivity index (χ2n) is 18.3. The van der Waals surface area contributed by atoms with Gasteiger partial charge in [-0.15, -0.1) is 0 Å². The lowest BCUT2D eigenvalue weighted by molar-refractivity contribution is -0.151. The molecule has 0 saturated heterocycles. The van der Waals surface area contributed by atoms with Gasteiger partial charge in [-0.25, -0.2) is 0 Å². The van der Waals surface area contributed by atoms with Crippen LogP contribution in [0.4, 0.5) is 0 Å². The number of allylic oxidation sites excluding steroid dienone is 2. The molecule has 0 aromatic rings. The van der Waals surface area contributed by atoms with Gasteiger partial charge in [0.1, 0.15) is 6.10 Å². The van der Waals surface area contributed by atoms with Crippen molar-refractivity contribution in [3.8, 4) is 0 Å². The summed E-state index contributed by atoms with van der Waals surface area (Å²) in [6, 6.07) is -0.697. The molecule has 0 aliphatic carbocycles. The van der Waals surface area contributed by atoms with Crippen LogP contribution in [0.3, 0.4) is 0 Å². The van der Waals surface area contributed by atoms with Gasteiger partial charge in [0.2, 0.25) is 5.91 Å². The molecule has 1 amide bonds. The van der Waals surface area contributed by atoms with Crippen molar-refractivity contribution in [3.63, 3.8) is 0 Å². The summed E-state index contributed by atoms with van der Waals surface area (Å²) in [5.74, 6) is -0.476. The van der Waals surface area contributed by atoms with Crippen molar-refractivity contribution in [3.05, 3.63) is 12.2 Å². The minimum atomic E-state index is -0.784. The lowest BCUT2D eigenvalue weighted by Gasteiger charge is -2.24. The smallest absolute Gasteiger partial charge is 0.306 e. The van der Waals surface area contributed by atoms with Gasteiger partial charge in [0, 0.05) is 6.42 Å². The van der Waals surface area contributed by atoms with E-state index in [4.69, 9.17) is 4.74 Å². The molecule has 3 unspecified atom stereocenters. The molecule has 0 rings (SSSR count). The van der Waals surface area contributed by atoms with E-state index in [-0.39, 0.29) is 24.9 Å². The molecule has 0 bridgehead atoms. The van der Waals surface area contributed by atoms with E-state index in [1.165, 1.54) is 193 Å². The molecule has 0 fully saturated rings. The molecular formula is C53H103NO5. The van der Waals surface area contributed by atoms with Crippen LogP contribution in [0.2, 0.25) is 0 Å². The molecule has 0 saturated carbocycles. The normalized spacial score (nSPS) is 13.2. The van der Waals surface area contributed by atoms with Crippen molar-refractivity contribution in [2.24, 2.45) is 0 Å². The molecule has 0 aromatic carbocycles. The Morgan fingerprint density at radius 2 is 0.814 bits per heavy atom. The molecule has 6 nitrogen and oxygen atoms in total. The number of nitrogens with one attached hydrogen (secondary N) is 1. The van der Waals surface area contributed by atoms with Crippen molar-refractivity contribution >= 4 is 11.9 Å². The lowest BCUT2D eigenvalue weighted by Crippen LogP contribution is -2.46. The van der Waals surface area contributed by atoms with Gasteiger partial charge in [-0.3, -0.25) is 9.59 Å². The van der Waals surface area contributed by atoms with Gasteiger partial charge in [-0.1, -0.05) is 238 Å². The Balaban J connectivity index is 4.51. The number of aliphatic hydroxyl groups is 2. The van der Waals surface area contributed by atoms with Gasteiger partial charge < -0.3 is 20.3 Å². The van der Waals surface area contributed by atoms with Gasteiger partial charge >= 0.3 is 5.97 Å². The molecule has 3 N–H and O–H groups in total. The second kappa shape index (κ2) is 47.6. The van der Waals surface area contributed by atoms with Crippen LogP contribution >= 0.6 is 0 Å². The molecule has 0 aliphatic heterocycles. The fourth-order valence-corrected chi connectivity index (χ4v) is 8.31. The van der Waals surface area contributed by atoms with E-state index in [0.717, 1.165) is 51.4 Å². The highest BCUT2D eigenvalue weighted by molar-refractivity contribution is 5.77. The monoisotopic (exact) mass is 834 g/mol. The first-order chi connectivity index (χ1) is 29.0. The summed E-state index contributed by atoms with van der Waals surface area (Å²) in [4.78, 5) is 26.1. The third kappa shape index (κ3) is 43.1. The Labute approximate surface area is 368 Å². The molecule has 0 aromatic heterocycles. The number of hydrogen-bond donors (Lipinski definition) is 3. The van der Waals surface area contributed by atoms with Gasteiger partial charge in [-0.2, -0.15) is 0 Å². The number of rotatable bonds is 48. The molecule has 59 heavy (non-hydrogen) atoms. The Bertz CT molecular complexity index is 893. The molecule has 0 radical (unpaired) electrons. The standard InChI is InChI=1S/C53H103NO5/c1-4-7-10-13-16-19-22-25-26-28-30-33-36-39-42-45-51(56)50(48-55)54-52(57)47-49(44-41-38-35-32-29-24-21-18-15-12-9-6-3)59-53(58)46-43-40-37-34-31-27-23-20-17-14-11-8-5-2/h27,31,49-51,55-56H,4-26,28-30,32-48H2,1-3H3,(H,54,57)/b31-27-. The number of aliphatic hydroxyl groups excluding tert-OH is 2. The lowest BCUT2D eigenvalue weighted by atomic mass is 10.0. The molecule has 0 aliphatic rings. The number of esters is 1. The third-order valence-electron chi connectivity index (χ3n) is 12.3. The number of hydrogen-bond acceptors (Lipinski definition) is 5. The minimum Gasteiger partial charge on any atom is -0.462 e. The van der Waals surface area contributed by atoms with Crippen molar-refractivity contribution in [2.45, 2.75) is 309 Å². The van der Waals surface area contributed by atoms with Gasteiger partial charge in [0.15, 0.2) is 0 Å². The van der Waals surface area contributed by atoms with Crippen molar-refractivity contribution < 1.29 is 24.5 Å². The molecule has 6 heteroatoms. The number of carbonyl (C=O) groups excluding carboxylic acids is 2. The summed E-state index contributed by atoms with van der Waals surface area (Å²) in [7, 11) is 0. The summed E-state index contributed by atoms with van der Waals surface area (Å²) in [6.45, 7) is 6.50. The maximum absolute atomic E-state index is 13.2. The summed E-state index contributed by atoms with van der Waals surface area (Å²) in [5.41, 5.74) is 0. The van der Waals surface area contributed by atoms with Crippen molar-refractivity contribution in [2.75, 3.05) is 6.61 Å². The van der Waals surface area contributed by atoms with E-state index in [0.29, 0.717) is 19.3 Å². The number of unbranched alkanes of at least 4 members (excludes halogenated alkanes) is 34. The fraction of sp³-hybridized carbons (Fsp3) is 0.925. The van der Waals surface area contributed by atoms with Gasteiger partial charge in [-0.05, 0) is 51.4 Å². The zero-order chi connectivity index (χ0) is 43.1. The zero-order valence-corrected chi connectivity index (χ0v) is 39.9. The first kappa shape index (κ1) is 57.6. The van der Waals surface area contributed by atoms with Crippen LogP contribution in [0.25, 0.3) is 0 Å². The van der Waals surface area contributed by atoms with E-state index in [2.05, 4.69) is 38.2 Å². The maximum Gasteiger partial charge on any atom is 0.306 e. The number of amides is 1. The average Bonchev–Trinajstić information content (AvgIpc) is 3.23. The third-order valence-corrected chi connectivity index (χ3v) is 12.3. The van der Waals surface area contributed by atoms with Gasteiger partial charge in [0.25, 0.3) is 0 Å². The Hall–Kier alpha value is -1.40. The fourth-order valence-electron chi connectivity index (χ4n) is 8.31. The predicted octanol–water partition coefficient (Wildman–Crippen LogP) is 15.7. The molecule has 3 atom stereocenters. The van der Waals surface area contributed by atoms with Crippen LogP contribution in [0.1, 0.15) is 290 Å². The Kier molecular flexibility index (Phi) is 46.5. The van der Waals surface area contributed by atoms with E-state index >= 15 is 0 Å². The van der Waals surface area contributed by atoms with E-state index in [1.54, 1.807) is 0 Å². The van der Waals surface area contributed by atoms with Crippen LogP contribution in [-0.2, 0) is 14.3 Å². The quantitative estimate of drug-likeness (QED) is 0.0322. The Morgan fingerprint density at radius 3 is 1.20 bits per heavy atom. The molecule has 350 valence electrons. The highest BCUT2D eigenvalue weighted by atomic mass is 16.5. The minimum absolute atomic E-state index is 0.0787. The highest BCUT2D eigenvalue weighted by Crippen LogP contribution is 2.18.